The van der Waals surface area contributed by atoms with Gasteiger partial charge in [0, 0.05) is 28.3 Å². The number of carboxylic acids is 1. The van der Waals surface area contributed by atoms with Gasteiger partial charge in [-0.15, -0.1) is 0 Å². The van der Waals surface area contributed by atoms with Gasteiger partial charge in [0.05, 0.1) is 35.9 Å². The molecule has 10 N–H and O–H groups in total. The number of hydrogen-bond acceptors (Lipinski definition) is 14. The van der Waals surface area contributed by atoms with Gasteiger partial charge in [-0.3, -0.25) is 19.2 Å². The van der Waals surface area contributed by atoms with Crippen LogP contribution in [0.15, 0.2) is 24.3 Å². The number of ether oxygens (including phenoxy) is 3. The van der Waals surface area contributed by atoms with Crippen molar-refractivity contribution >= 4 is 23.4 Å². The van der Waals surface area contributed by atoms with Crippen LogP contribution in [0.3, 0.4) is 0 Å². The van der Waals surface area contributed by atoms with Crippen molar-refractivity contribution < 1.29 is 69.1 Å². The Morgan fingerprint density at radius 2 is 1.52 bits per heavy atom. The Bertz CT molecular complexity index is 1990. The number of nitrogens with one attached hydrogen (secondary N) is 1. The van der Waals surface area contributed by atoms with Gasteiger partial charge >= 0.3 is 5.97 Å². The smallest absolute Gasteiger partial charge is 0.325 e. The number of rotatable bonds is 6. The van der Waals surface area contributed by atoms with Crippen LogP contribution in [-0.4, -0.2) is 103 Å². The molecule has 1 heterocycles. The first-order valence-corrected chi connectivity index (χ1v) is 15.4. The molecular weight excluding hydrogens is 660 g/mol. The van der Waals surface area contributed by atoms with E-state index in [9.17, 15) is 54.9 Å². The summed E-state index contributed by atoms with van der Waals surface area (Å²) in [4.78, 5) is 52.5. The molecule has 1 unspecified atom stereocenters. The molecule has 8 atom stereocenters. The monoisotopic (exact) mass is 694 g/mol. The van der Waals surface area contributed by atoms with Gasteiger partial charge in [-0.1, -0.05) is 6.07 Å². The zero-order valence-corrected chi connectivity index (χ0v) is 27.0. The standard InChI is InChI=1S/C34H34N2O14/c1-9-5-16-21(27(41)18(9)32(45)36-10(2)33(46)47)20-14(26(40)31(16)50-34-30(44)29(43)23(35)11(3)49-34)8-15-22(28(20)42)25(39)13-6-12(48-4)7-17(37)19(13)24(15)38/h5-8,10-11,23,26,29-31,34,37,40-44H,35H2,1-4H3,(H,36,45)(H,46,47)/t10?,11-,23+,26+,29+,30-,31+,34+/m1/s1. The molecule has 1 saturated heterocycles. The second-order valence-corrected chi connectivity index (χ2v) is 12.5. The number of phenolic OH excluding ortho intramolecular Hbond substituents is 3. The molecule has 50 heavy (non-hydrogen) atoms. The molecule has 3 aromatic carbocycles. The average molecular weight is 695 g/mol. The number of aromatic hydroxyl groups is 3. The molecule has 16 nitrogen and oxygen atoms in total. The van der Waals surface area contributed by atoms with Crippen molar-refractivity contribution in [3.05, 3.63) is 68.8 Å². The number of carbonyl (C=O) groups excluding carboxylic acids is 3. The molecule has 0 saturated carbocycles. The summed E-state index contributed by atoms with van der Waals surface area (Å²) in [5, 5.41) is 79.1. The highest BCUT2D eigenvalue weighted by atomic mass is 16.7. The fraction of sp³-hybridized carbons (Fsp3) is 0.353. The van der Waals surface area contributed by atoms with Crippen molar-refractivity contribution in [1.29, 1.82) is 0 Å². The average Bonchev–Trinajstić information content (AvgIpc) is 3.06. The predicted octanol–water partition coefficient (Wildman–Crippen LogP) is 0.664. The Morgan fingerprint density at radius 1 is 0.900 bits per heavy atom. The normalized spacial score (nSPS) is 25.9. The lowest BCUT2D eigenvalue weighted by atomic mass is 9.74. The molecule has 0 spiro atoms. The van der Waals surface area contributed by atoms with E-state index in [0.29, 0.717) is 0 Å². The molecule has 0 radical (unpaired) electrons. The van der Waals surface area contributed by atoms with Crippen molar-refractivity contribution in [2.75, 3.05) is 7.11 Å². The Morgan fingerprint density at radius 3 is 2.16 bits per heavy atom. The summed E-state index contributed by atoms with van der Waals surface area (Å²) >= 11 is 0. The minimum atomic E-state index is -1.81. The highest BCUT2D eigenvalue weighted by molar-refractivity contribution is 6.31. The van der Waals surface area contributed by atoms with Gasteiger partial charge in [0.25, 0.3) is 5.91 Å². The molecular formula is C34H34N2O14. The lowest BCUT2D eigenvalue weighted by molar-refractivity contribution is -0.293. The number of phenols is 3. The van der Waals surface area contributed by atoms with E-state index >= 15 is 0 Å². The van der Waals surface area contributed by atoms with Gasteiger partial charge in [0.1, 0.15) is 53.5 Å². The van der Waals surface area contributed by atoms with Crippen molar-refractivity contribution in [2.24, 2.45) is 5.73 Å². The van der Waals surface area contributed by atoms with E-state index in [1.165, 1.54) is 40.0 Å². The van der Waals surface area contributed by atoms with Crippen LogP contribution in [-0.2, 0) is 14.3 Å². The third kappa shape index (κ3) is 5.15. The number of amides is 1. The first kappa shape index (κ1) is 34.8. The van der Waals surface area contributed by atoms with Gasteiger partial charge in [-0.05, 0) is 49.6 Å². The molecule has 1 amide bonds. The number of aliphatic carboxylic acids is 1. The van der Waals surface area contributed by atoms with E-state index in [-0.39, 0.29) is 44.7 Å². The minimum absolute atomic E-state index is 0.0379. The van der Waals surface area contributed by atoms with Crippen molar-refractivity contribution in [2.45, 2.75) is 69.7 Å². The fourth-order valence-corrected chi connectivity index (χ4v) is 6.72. The number of carboxylic acid groups (broad SMARTS) is 1. The summed E-state index contributed by atoms with van der Waals surface area (Å²) in [6.45, 7) is 4.12. The van der Waals surface area contributed by atoms with E-state index in [0.717, 1.165) is 12.1 Å². The molecule has 0 bridgehead atoms. The van der Waals surface area contributed by atoms with E-state index in [1.54, 1.807) is 0 Å². The quantitative estimate of drug-likeness (QED) is 0.134. The number of aliphatic hydroxyl groups excluding tert-OH is 3. The van der Waals surface area contributed by atoms with Crippen molar-refractivity contribution in [3.8, 4) is 34.1 Å². The Hall–Kier alpha value is -5.10. The van der Waals surface area contributed by atoms with Crippen LogP contribution in [0.25, 0.3) is 11.1 Å². The van der Waals surface area contributed by atoms with E-state index < -0.39 is 106 Å². The van der Waals surface area contributed by atoms with Crippen LogP contribution in [0.1, 0.15) is 84.9 Å². The second-order valence-electron chi connectivity index (χ2n) is 12.5. The topological polar surface area (TPSA) is 276 Å². The van der Waals surface area contributed by atoms with Crippen LogP contribution < -0.4 is 15.8 Å². The van der Waals surface area contributed by atoms with Gasteiger partial charge in [-0.2, -0.15) is 0 Å². The number of carbonyl (C=O) groups is 4. The lowest BCUT2D eigenvalue weighted by Crippen LogP contribution is -2.61. The maximum Gasteiger partial charge on any atom is 0.325 e. The fourth-order valence-electron chi connectivity index (χ4n) is 6.72. The second kappa shape index (κ2) is 12.3. The largest absolute Gasteiger partial charge is 0.507 e. The van der Waals surface area contributed by atoms with Gasteiger partial charge in [0.2, 0.25) is 0 Å². The maximum atomic E-state index is 13.9. The summed E-state index contributed by atoms with van der Waals surface area (Å²) in [5.74, 6) is -6.39. The molecule has 3 aliphatic rings. The first-order valence-electron chi connectivity index (χ1n) is 15.4. The SMILES string of the molecule is COc1cc(O)c2c(c1)C(=O)c1c(cc3c(c1O)-c1c(cc(C)c(C(=O)NC(C)C(=O)O)c1O)[C@H](O[C@@H]1O[C@H](C)[C@H](N)[C@H](O)[C@H]1O)[C@H]3O)C2=O. The minimum Gasteiger partial charge on any atom is -0.507 e. The Kier molecular flexibility index (Phi) is 8.58. The van der Waals surface area contributed by atoms with Crippen LogP contribution in [0.5, 0.6) is 23.0 Å². The highest BCUT2D eigenvalue weighted by Gasteiger charge is 2.48. The van der Waals surface area contributed by atoms with Gasteiger partial charge < -0.3 is 61.0 Å². The number of nitrogens with two attached hydrogens (primary N) is 1. The van der Waals surface area contributed by atoms with Crippen molar-refractivity contribution in [3.63, 3.8) is 0 Å². The van der Waals surface area contributed by atoms with Crippen LogP contribution in [0.4, 0.5) is 0 Å². The molecule has 1 aliphatic heterocycles. The summed E-state index contributed by atoms with van der Waals surface area (Å²) in [5.41, 5.74) is 2.92. The zero-order chi connectivity index (χ0) is 36.7. The highest BCUT2D eigenvalue weighted by Crippen LogP contribution is 2.57. The predicted molar refractivity (Wildman–Crippen MR) is 169 cm³/mol. The van der Waals surface area contributed by atoms with Crippen LogP contribution >= 0.6 is 0 Å². The molecule has 3 aromatic rings. The Labute approximate surface area is 283 Å². The number of aliphatic hydroxyl groups is 3. The Balaban J connectivity index is 1.60. The molecule has 2 aliphatic carbocycles. The number of ketones is 2. The summed E-state index contributed by atoms with van der Waals surface area (Å²) in [6.07, 6.45) is -9.07. The van der Waals surface area contributed by atoms with Crippen LogP contribution in [0.2, 0.25) is 0 Å². The number of benzene rings is 3. The number of methoxy groups -OCH3 is 1. The van der Waals surface area contributed by atoms with E-state index in [1.807, 2.05) is 0 Å². The molecule has 1 fully saturated rings. The molecule has 6 rings (SSSR count). The summed E-state index contributed by atoms with van der Waals surface area (Å²) < 4.78 is 16.9. The number of hydrogen-bond donors (Lipinski definition) is 9. The zero-order valence-electron chi connectivity index (χ0n) is 27.0. The first-order chi connectivity index (χ1) is 23.5. The van der Waals surface area contributed by atoms with Crippen LogP contribution in [0, 0.1) is 6.92 Å². The molecule has 16 heteroatoms. The lowest BCUT2D eigenvalue weighted by Gasteiger charge is -2.43. The number of aryl methyl sites for hydroxylation is 1. The van der Waals surface area contributed by atoms with Gasteiger partial charge in [-0.25, -0.2) is 0 Å². The summed E-state index contributed by atoms with van der Waals surface area (Å²) in [7, 11) is 1.28. The number of fused-ring (bicyclic) bond motifs is 5. The van der Waals surface area contributed by atoms with Gasteiger partial charge in [0.15, 0.2) is 17.9 Å². The van der Waals surface area contributed by atoms with E-state index in [4.69, 9.17) is 19.9 Å². The molecule has 264 valence electrons. The third-order valence-electron chi connectivity index (χ3n) is 9.43. The van der Waals surface area contributed by atoms with Crippen molar-refractivity contribution in [1.82, 2.24) is 5.32 Å². The van der Waals surface area contributed by atoms with E-state index in [2.05, 4.69) is 5.32 Å². The maximum absolute atomic E-state index is 13.9. The molecule has 0 aromatic heterocycles. The third-order valence-corrected chi connectivity index (χ3v) is 9.43. The summed E-state index contributed by atoms with van der Waals surface area (Å²) in [6, 6.07) is 2.34.